The van der Waals surface area contributed by atoms with E-state index in [1.54, 1.807) is 30.5 Å². The van der Waals surface area contributed by atoms with E-state index in [1.807, 2.05) is 12.1 Å². The van der Waals surface area contributed by atoms with Crippen molar-refractivity contribution in [3.8, 4) is 11.1 Å². The van der Waals surface area contributed by atoms with Crippen molar-refractivity contribution in [3.05, 3.63) is 76.9 Å². The molecule has 0 radical (unpaired) electrons. The number of alkyl halides is 3. The summed E-state index contributed by atoms with van der Waals surface area (Å²) in [7, 11) is 0. The summed E-state index contributed by atoms with van der Waals surface area (Å²) in [5.74, 6) is 0.367. The average Bonchev–Trinajstić information content (AvgIpc) is 2.67. The Kier molecular flexibility index (Phi) is 5.93. The van der Waals surface area contributed by atoms with Crippen LogP contribution >= 0.6 is 11.6 Å². The van der Waals surface area contributed by atoms with Crippen molar-refractivity contribution in [1.82, 2.24) is 4.98 Å². The summed E-state index contributed by atoms with van der Waals surface area (Å²) in [6.45, 7) is -0.0838. The van der Waals surface area contributed by atoms with Gasteiger partial charge in [0.05, 0.1) is 10.6 Å². The zero-order chi connectivity index (χ0) is 21.0. The van der Waals surface area contributed by atoms with Crippen LogP contribution in [0.15, 0.2) is 60.8 Å². The van der Waals surface area contributed by atoms with E-state index in [1.165, 1.54) is 6.07 Å². The summed E-state index contributed by atoms with van der Waals surface area (Å²) in [6.07, 6.45) is -3.95. The highest BCUT2D eigenvalue weighted by atomic mass is 35.5. The first kappa shape index (κ1) is 20.5. The number of carbonyl (C=O) groups excluding carboxylic acids is 1. The van der Waals surface area contributed by atoms with E-state index in [4.69, 9.17) is 22.1 Å². The van der Waals surface area contributed by atoms with Crippen LogP contribution in [0.4, 0.5) is 29.5 Å². The quantitative estimate of drug-likeness (QED) is 0.562. The highest BCUT2D eigenvalue weighted by Crippen LogP contribution is 2.36. The summed E-state index contributed by atoms with van der Waals surface area (Å²) < 4.78 is 43.8. The molecule has 3 rings (SSSR count). The zero-order valence-electron chi connectivity index (χ0n) is 14.8. The Hall–Kier alpha value is -3.26. The monoisotopic (exact) mass is 421 g/mol. The molecule has 1 amide bonds. The number of amides is 1. The number of benzene rings is 2. The molecule has 0 aliphatic carbocycles. The van der Waals surface area contributed by atoms with Crippen molar-refractivity contribution < 1.29 is 22.7 Å². The molecule has 3 aromatic rings. The van der Waals surface area contributed by atoms with Crippen molar-refractivity contribution in [2.45, 2.75) is 12.8 Å². The van der Waals surface area contributed by atoms with Gasteiger partial charge in [0.15, 0.2) is 0 Å². The maximum Gasteiger partial charge on any atom is 0.417 e. The lowest BCUT2D eigenvalue weighted by molar-refractivity contribution is -0.137. The standard InChI is InChI=1S/C20H15ClF3N3O2/c21-17-7-6-14(10-16(17)20(22,23)24)27-19(28)29-11-12-3-1-4-13(9-12)15-5-2-8-26-18(15)25/h1-10H,11H2,(H2,25,26)(H,27,28). The Labute approximate surface area is 169 Å². The highest BCUT2D eigenvalue weighted by molar-refractivity contribution is 6.31. The predicted octanol–water partition coefficient (Wildman–Crippen LogP) is 5.75. The molecule has 2 aromatic carbocycles. The minimum atomic E-state index is -4.63. The van der Waals surface area contributed by atoms with E-state index in [0.717, 1.165) is 23.3 Å². The number of hydrogen-bond acceptors (Lipinski definition) is 4. The predicted molar refractivity (Wildman–Crippen MR) is 104 cm³/mol. The fourth-order valence-electron chi connectivity index (χ4n) is 2.61. The Balaban J connectivity index is 1.66. The molecule has 0 saturated heterocycles. The zero-order valence-corrected chi connectivity index (χ0v) is 15.6. The molecule has 150 valence electrons. The van der Waals surface area contributed by atoms with E-state index >= 15 is 0 Å². The smallest absolute Gasteiger partial charge is 0.417 e. The topological polar surface area (TPSA) is 77.2 Å². The van der Waals surface area contributed by atoms with Gasteiger partial charge in [-0.3, -0.25) is 5.32 Å². The van der Waals surface area contributed by atoms with E-state index < -0.39 is 22.9 Å². The third-order valence-corrected chi connectivity index (χ3v) is 4.29. The van der Waals surface area contributed by atoms with Gasteiger partial charge in [0.1, 0.15) is 12.4 Å². The molecule has 0 fully saturated rings. The lowest BCUT2D eigenvalue weighted by atomic mass is 10.0. The third-order valence-electron chi connectivity index (χ3n) is 3.96. The number of hydrogen-bond donors (Lipinski definition) is 2. The summed E-state index contributed by atoms with van der Waals surface area (Å²) in [4.78, 5) is 16.0. The fraction of sp³-hybridized carbons (Fsp3) is 0.100. The molecule has 0 aliphatic rings. The number of anilines is 2. The third kappa shape index (κ3) is 5.17. The number of halogens is 4. The largest absolute Gasteiger partial charge is 0.444 e. The Morgan fingerprint density at radius 3 is 2.66 bits per heavy atom. The van der Waals surface area contributed by atoms with Crippen molar-refractivity contribution in [1.29, 1.82) is 0 Å². The average molecular weight is 422 g/mol. The van der Waals surface area contributed by atoms with Gasteiger partial charge in [-0.15, -0.1) is 0 Å². The molecule has 1 heterocycles. The van der Waals surface area contributed by atoms with Crippen molar-refractivity contribution in [2.24, 2.45) is 0 Å². The fourth-order valence-corrected chi connectivity index (χ4v) is 2.84. The molecule has 29 heavy (non-hydrogen) atoms. The number of aromatic nitrogens is 1. The summed E-state index contributed by atoms with van der Waals surface area (Å²) in [5.41, 5.74) is 6.95. The van der Waals surface area contributed by atoms with E-state index in [2.05, 4.69) is 10.3 Å². The van der Waals surface area contributed by atoms with Gasteiger partial charge in [-0.25, -0.2) is 9.78 Å². The number of nitrogens with one attached hydrogen (secondary N) is 1. The van der Waals surface area contributed by atoms with Crippen LogP contribution in [-0.4, -0.2) is 11.1 Å². The van der Waals surface area contributed by atoms with Gasteiger partial charge in [-0.1, -0.05) is 29.8 Å². The van der Waals surface area contributed by atoms with Gasteiger partial charge in [0.25, 0.3) is 0 Å². The van der Waals surface area contributed by atoms with Crippen LogP contribution in [0.5, 0.6) is 0 Å². The second kappa shape index (κ2) is 8.40. The minimum absolute atomic E-state index is 0.0800. The molecule has 5 nitrogen and oxygen atoms in total. The maximum atomic E-state index is 12.9. The van der Waals surface area contributed by atoms with Crippen LogP contribution in [0.1, 0.15) is 11.1 Å². The molecule has 1 aromatic heterocycles. The number of pyridine rings is 1. The van der Waals surface area contributed by atoms with Crippen molar-refractivity contribution in [2.75, 3.05) is 11.1 Å². The number of ether oxygens (including phenoxy) is 1. The molecular formula is C20H15ClF3N3O2. The Morgan fingerprint density at radius 1 is 1.14 bits per heavy atom. The minimum Gasteiger partial charge on any atom is -0.444 e. The van der Waals surface area contributed by atoms with Gasteiger partial charge >= 0.3 is 12.3 Å². The Morgan fingerprint density at radius 2 is 1.93 bits per heavy atom. The SMILES string of the molecule is Nc1ncccc1-c1cccc(COC(=O)Nc2ccc(Cl)c(C(F)(F)F)c2)c1. The summed E-state index contributed by atoms with van der Waals surface area (Å²) >= 11 is 5.56. The normalized spacial score (nSPS) is 11.2. The maximum absolute atomic E-state index is 12.9. The van der Waals surface area contributed by atoms with Gasteiger partial charge < -0.3 is 10.5 Å². The van der Waals surface area contributed by atoms with Crippen LogP contribution < -0.4 is 11.1 Å². The highest BCUT2D eigenvalue weighted by Gasteiger charge is 2.33. The molecule has 0 spiro atoms. The molecule has 3 N–H and O–H groups in total. The number of carbonyl (C=O) groups is 1. The molecule has 0 unspecified atom stereocenters. The van der Waals surface area contributed by atoms with Crippen LogP contribution in [0.2, 0.25) is 5.02 Å². The number of nitrogens with two attached hydrogens (primary N) is 1. The molecule has 0 atom stereocenters. The van der Waals surface area contributed by atoms with Crippen LogP contribution in [-0.2, 0) is 17.5 Å². The number of nitrogen functional groups attached to an aromatic ring is 1. The first-order chi connectivity index (χ1) is 13.7. The first-order valence-electron chi connectivity index (χ1n) is 8.34. The lowest BCUT2D eigenvalue weighted by Crippen LogP contribution is -2.14. The molecule has 9 heteroatoms. The van der Waals surface area contributed by atoms with E-state index in [0.29, 0.717) is 11.4 Å². The van der Waals surface area contributed by atoms with E-state index in [-0.39, 0.29) is 12.3 Å². The van der Waals surface area contributed by atoms with Gasteiger partial charge in [0.2, 0.25) is 0 Å². The molecule has 0 bridgehead atoms. The number of nitrogens with zero attached hydrogens (tertiary/aromatic N) is 1. The van der Waals surface area contributed by atoms with Crippen molar-refractivity contribution in [3.63, 3.8) is 0 Å². The van der Waals surface area contributed by atoms with Crippen LogP contribution in [0.25, 0.3) is 11.1 Å². The Bertz CT molecular complexity index is 1040. The van der Waals surface area contributed by atoms with Gasteiger partial charge in [-0.2, -0.15) is 13.2 Å². The summed E-state index contributed by atoms with van der Waals surface area (Å²) in [5, 5.41) is 1.80. The van der Waals surface area contributed by atoms with E-state index in [9.17, 15) is 18.0 Å². The second-order valence-electron chi connectivity index (χ2n) is 6.03. The number of rotatable bonds is 4. The first-order valence-corrected chi connectivity index (χ1v) is 8.72. The molecule has 0 saturated carbocycles. The molecule has 0 aliphatic heterocycles. The van der Waals surface area contributed by atoms with Crippen LogP contribution in [0.3, 0.4) is 0 Å². The van der Waals surface area contributed by atoms with Gasteiger partial charge in [0, 0.05) is 17.4 Å². The van der Waals surface area contributed by atoms with Gasteiger partial charge in [-0.05, 0) is 47.5 Å². The molecular weight excluding hydrogens is 407 g/mol. The second-order valence-corrected chi connectivity index (χ2v) is 6.44. The van der Waals surface area contributed by atoms with Crippen molar-refractivity contribution >= 4 is 29.2 Å². The summed E-state index contributed by atoms with van der Waals surface area (Å²) in [6, 6.07) is 13.8. The lowest BCUT2D eigenvalue weighted by Gasteiger charge is -2.12. The van der Waals surface area contributed by atoms with Crippen LogP contribution in [0, 0.1) is 0 Å².